The molecule has 0 saturated heterocycles. The number of nitrogens with zero attached hydrogens (tertiary/aromatic N) is 2. The predicted octanol–water partition coefficient (Wildman–Crippen LogP) is 3.55. The lowest BCUT2D eigenvalue weighted by molar-refractivity contribution is -0.127. The smallest absolute Gasteiger partial charge is 0.243 e. The second kappa shape index (κ2) is 13.1. The van der Waals surface area contributed by atoms with Crippen LogP contribution in [0.15, 0.2) is 53.5 Å². The highest BCUT2D eigenvalue weighted by Gasteiger charge is 2.10. The van der Waals surface area contributed by atoms with Gasteiger partial charge in [0.15, 0.2) is 5.96 Å². The van der Waals surface area contributed by atoms with E-state index in [1.165, 1.54) is 5.56 Å². The van der Waals surface area contributed by atoms with Gasteiger partial charge in [0.25, 0.3) is 0 Å². The molecule has 30 heavy (non-hydrogen) atoms. The fourth-order valence-corrected chi connectivity index (χ4v) is 2.89. The summed E-state index contributed by atoms with van der Waals surface area (Å²) in [6, 6.07) is 16.4. The number of rotatable bonds is 8. The minimum Gasteiger partial charge on any atom is -0.496 e. The molecule has 2 N–H and O–H groups in total. The van der Waals surface area contributed by atoms with Crippen molar-refractivity contribution in [1.29, 1.82) is 0 Å². The van der Waals surface area contributed by atoms with Gasteiger partial charge in [-0.2, -0.15) is 0 Å². The van der Waals surface area contributed by atoms with E-state index in [-0.39, 0.29) is 42.5 Å². The molecular weight excluding hydrogens is 491 g/mol. The average molecular weight is 524 g/mol. The van der Waals surface area contributed by atoms with Crippen molar-refractivity contribution in [2.45, 2.75) is 26.3 Å². The zero-order chi connectivity index (χ0) is 21.2. The molecular formula is C23H33IN4O2. The van der Waals surface area contributed by atoms with Gasteiger partial charge in [-0.05, 0) is 37.5 Å². The molecule has 2 rings (SSSR count). The molecule has 2 aromatic rings. The van der Waals surface area contributed by atoms with E-state index in [1.807, 2.05) is 30.3 Å². The van der Waals surface area contributed by atoms with Crippen molar-refractivity contribution in [3.05, 3.63) is 65.2 Å². The molecule has 0 saturated carbocycles. The lowest BCUT2D eigenvalue weighted by Gasteiger charge is -2.19. The van der Waals surface area contributed by atoms with Crippen LogP contribution in [0.5, 0.6) is 5.75 Å². The van der Waals surface area contributed by atoms with Crippen molar-refractivity contribution in [3.8, 4) is 5.75 Å². The van der Waals surface area contributed by atoms with Crippen molar-refractivity contribution >= 4 is 35.8 Å². The van der Waals surface area contributed by atoms with Crippen LogP contribution < -0.4 is 15.4 Å². The molecule has 1 unspecified atom stereocenters. The Kier molecular flexibility index (Phi) is 11.2. The van der Waals surface area contributed by atoms with E-state index >= 15 is 0 Å². The highest BCUT2D eigenvalue weighted by atomic mass is 127. The Labute approximate surface area is 197 Å². The highest BCUT2D eigenvalue weighted by molar-refractivity contribution is 14.0. The van der Waals surface area contributed by atoms with Crippen LogP contribution in [-0.2, 0) is 11.2 Å². The van der Waals surface area contributed by atoms with Crippen molar-refractivity contribution < 1.29 is 9.53 Å². The van der Waals surface area contributed by atoms with Gasteiger partial charge in [0.1, 0.15) is 12.3 Å². The predicted molar refractivity (Wildman–Crippen MR) is 134 cm³/mol. The minimum absolute atomic E-state index is 0. The van der Waals surface area contributed by atoms with E-state index in [0.29, 0.717) is 12.5 Å². The van der Waals surface area contributed by atoms with Crippen molar-refractivity contribution in [2.75, 3.05) is 34.3 Å². The standard InChI is InChI=1S/C23H32N4O2.HI/c1-17-11-12-21(29-5)20(15-17)13-14-24-23(25-16-22(28)27(3)4)26-18(2)19-9-7-6-8-10-19;/h6-12,15,18H,13-14,16H2,1-5H3,(H2,24,25,26);1H. The van der Waals surface area contributed by atoms with E-state index in [0.717, 1.165) is 23.3 Å². The molecule has 1 atom stereocenters. The van der Waals surface area contributed by atoms with E-state index in [1.54, 1.807) is 26.1 Å². The van der Waals surface area contributed by atoms with Gasteiger partial charge in [0.05, 0.1) is 13.2 Å². The summed E-state index contributed by atoms with van der Waals surface area (Å²) in [6.07, 6.45) is 0.785. The van der Waals surface area contributed by atoms with Crippen LogP contribution in [0.25, 0.3) is 0 Å². The zero-order valence-corrected chi connectivity index (χ0v) is 20.8. The number of benzene rings is 2. The monoisotopic (exact) mass is 524 g/mol. The number of carbonyl (C=O) groups is 1. The van der Waals surface area contributed by atoms with Crippen LogP contribution in [0.2, 0.25) is 0 Å². The van der Waals surface area contributed by atoms with Crippen LogP contribution >= 0.6 is 24.0 Å². The second-order valence-electron chi connectivity index (χ2n) is 7.22. The van der Waals surface area contributed by atoms with Crippen LogP contribution in [0.3, 0.4) is 0 Å². The summed E-state index contributed by atoms with van der Waals surface area (Å²) in [4.78, 5) is 18.0. The van der Waals surface area contributed by atoms with E-state index in [4.69, 9.17) is 4.74 Å². The SMILES string of the molecule is COc1ccc(C)cc1CCNC(=NCC(=O)N(C)C)NC(C)c1ccccc1.I. The number of hydrogen-bond donors (Lipinski definition) is 2. The molecule has 6 nitrogen and oxygen atoms in total. The molecule has 2 aromatic carbocycles. The number of nitrogens with one attached hydrogen (secondary N) is 2. The lowest BCUT2D eigenvalue weighted by atomic mass is 10.1. The fraction of sp³-hybridized carbons (Fsp3) is 0.391. The first-order valence-electron chi connectivity index (χ1n) is 9.84. The van der Waals surface area contributed by atoms with E-state index < -0.39 is 0 Å². The van der Waals surface area contributed by atoms with Gasteiger partial charge >= 0.3 is 0 Å². The molecule has 0 aliphatic carbocycles. The first-order chi connectivity index (χ1) is 13.9. The number of hydrogen-bond acceptors (Lipinski definition) is 3. The van der Waals surface area contributed by atoms with Crippen LogP contribution in [0, 0.1) is 6.92 Å². The van der Waals surface area contributed by atoms with Gasteiger partial charge < -0.3 is 20.3 Å². The van der Waals surface area contributed by atoms with Gasteiger partial charge in [-0.25, -0.2) is 4.99 Å². The van der Waals surface area contributed by atoms with Gasteiger partial charge in [-0.15, -0.1) is 24.0 Å². The Bertz CT molecular complexity index is 825. The number of carbonyl (C=O) groups excluding carboxylic acids is 1. The number of likely N-dealkylation sites (N-methyl/N-ethyl adjacent to an activating group) is 1. The summed E-state index contributed by atoms with van der Waals surface area (Å²) in [5.41, 5.74) is 3.49. The lowest BCUT2D eigenvalue weighted by Crippen LogP contribution is -2.40. The molecule has 0 fully saturated rings. The molecule has 0 aliphatic rings. The number of halogens is 1. The third kappa shape index (κ3) is 8.22. The largest absolute Gasteiger partial charge is 0.496 e. The topological polar surface area (TPSA) is 66.0 Å². The molecule has 7 heteroatoms. The molecule has 0 radical (unpaired) electrons. The van der Waals surface area contributed by atoms with Crippen LogP contribution in [0.1, 0.15) is 29.7 Å². The maximum absolute atomic E-state index is 12.0. The third-order valence-corrected chi connectivity index (χ3v) is 4.65. The number of ether oxygens (including phenoxy) is 1. The molecule has 0 heterocycles. The van der Waals surface area contributed by atoms with Crippen molar-refractivity contribution in [3.63, 3.8) is 0 Å². The maximum atomic E-state index is 12.0. The Hall–Kier alpha value is -2.29. The fourth-order valence-electron chi connectivity index (χ4n) is 2.89. The summed E-state index contributed by atoms with van der Waals surface area (Å²) < 4.78 is 5.46. The normalized spacial score (nSPS) is 11.8. The van der Waals surface area contributed by atoms with Gasteiger partial charge in [0, 0.05) is 20.6 Å². The van der Waals surface area contributed by atoms with E-state index in [9.17, 15) is 4.79 Å². The number of methoxy groups -OCH3 is 1. The molecule has 1 amide bonds. The molecule has 0 aromatic heterocycles. The molecule has 0 aliphatic heterocycles. The Morgan fingerprint density at radius 2 is 1.87 bits per heavy atom. The van der Waals surface area contributed by atoms with Gasteiger partial charge in [-0.3, -0.25) is 4.79 Å². The Morgan fingerprint density at radius 3 is 2.50 bits per heavy atom. The zero-order valence-electron chi connectivity index (χ0n) is 18.4. The third-order valence-electron chi connectivity index (χ3n) is 4.65. The summed E-state index contributed by atoms with van der Waals surface area (Å²) in [6.45, 7) is 4.91. The molecule has 164 valence electrons. The van der Waals surface area contributed by atoms with Crippen LogP contribution in [-0.4, -0.2) is 51.1 Å². The van der Waals surface area contributed by atoms with E-state index in [2.05, 4.69) is 47.7 Å². The quantitative estimate of drug-likeness (QED) is 0.315. The minimum atomic E-state index is -0.0428. The molecule has 0 spiro atoms. The number of guanidine groups is 1. The van der Waals surface area contributed by atoms with Gasteiger partial charge in [0.2, 0.25) is 5.91 Å². The first-order valence-corrected chi connectivity index (χ1v) is 9.84. The number of amides is 1. The average Bonchev–Trinajstić information content (AvgIpc) is 2.72. The van der Waals surface area contributed by atoms with Crippen molar-refractivity contribution in [2.24, 2.45) is 4.99 Å². The maximum Gasteiger partial charge on any atom is 0.243 e. The second-order valence-corrected chi connectivity index (χ2v) is 7.22. The van der Waals surface area contributed by atoms with Crippen molar-refractivity contribution in [1.82, 2.24) is 15.5 Å². The van der Waals surface area contributed by atoms with Gasteiger partial charge in [-0.1, -0.05) is 48.0 Å². The summed E-state index contributed by atoms with van der Waals surface area (Å²) in [5, 5.41) is 6.74. The summed E-state index contributed by atoms with van der Waals surface area (Å²) in [5.74, 6) is 1.45. The van der Waals surface area contributed by atoms with Crippen LogP contribution in [0.4, 0.5) is 0 Å². The summed E-state index contributed by atoms with van der Waals surface area (Å²) in [7, 11) is 5.15. The first kappa shape index (κ1) is 25.7. The highest BCUT2D eigenvalue weighted by Crippen LogP contribution is 2.19. The number of aryl methyl sites for hydroxylation is 1. The Balaban J connectivity index is 0.00000450. The summed E-state index contributed by atoms with van der Waals surface area (Å²) >= 11 is 0. The number of aliphatic imine (C=N–C) groups is 1. The Morgan fingerprint density at radius 1 is 1.17 bits per heavy atom. The molecule has 0 bridgehead atoms.